The zero-order valence-electron chi connectivity index (χ0n) is 5.71. The van der Waals surface area contributed by atoms with Crippen LogP contribution < -0.4 is 10.5 Å². The Morgan fingerprint density at radius 1 is 1.25 bits per heavy atom. The van der Waals surface area contributed by atoms with Gasteiger partial charge in [-0.25, -0.2) is 0 Å². The number of hydrogen-bond acceptors (Lipinski definition) is 5. The molecule has 0 radical (unpaired) electrons. The summed E-state index contributed by atoms with van der Waals surface area (Å²) in [6, 6.07) is 0. The standard InChI is InChI=1S/C2H8N2O6S2/c3-2(1-11(5,6)7)4-12(8,9)10/h2,4H,1,3H2,(H,5,6,7)(H,8,9,10). The first-order valence-corrected chi connectivity index (χ1v) is 5.60. The molecular weight excluding hydrogens is 212 g/mol. The fraction of sp³-hybridized carbons (Fsp3) is 1.00. The fourth-order valence-electron chi connectivity index (χ4n) is 0.452. The van der Waals surface area contributed by atoms with Gasteiger partial charge in [0.25, 0.3) is 10.1 Å². The molecule has 8 nitrogen and oxygen atoms in total. The van der Waals surface area contributed by atoms with Gasteiger partial charge >= 0.3 is 10.3 Å². The normalized spacial score (nSPS) is 15.9. The molecule has 0 aliphatic carbocycles. The van der Waals surface area contributed by atoms with Gasteiger partial charge in [-0.05, 0) is 0 Å². The summed E-state index contributed by atoms with van der Waals surface area (Å²) in [5.74, 6) is -1.01. The quantitative estimate of drug-likeness (QED) is 0.303. The van der Waals surface area contributed by atoms with Crippen molar-refractivity contribution in [2.45, 2.75) is 6.17 Å². The summed E-state index contributed by atoms with van der Waals surface area (Å²) in [5, 5.41) is 0. The predicted octanol–water partition coefficient (Wildman–Crippen LogP) is -2.45. The molecule has 0 aliphatic heterocycles. The number of hydrogen-bond donors (Lipinski definition) is 4. The van der Waals surface area contributed by atoms with Crippen molar-refractivity contribution in [2.75, 3.05) is 5.75 Å². The molecule has 12 heavy (non-hydrogen) atoms. The summed E-state index contributed by atoms with van der Waals surface area (Å²) < 4.78 is 57.8. The molecule has 5 N–H and O–H groups in total. The lowest BCUT2D eigenvalue weighted by Gasteiger charge is -2.07. The van der Waals surface area contributed by atoms with Gasteiger partial charge < -0.3 is 5.73 Å². The third-order valence-electron chi connectivity index (χ3n) is 0.690. The first-order valence-electron chi connectivity index (χ1n) is 2.55. The van der Waals surface area contributed by atoms with Gasteiger partial charge in [0.1, 0.15) is 5.75 Å². The number of nitrogens with two attached hydrogens (primary N) is 1. The molecule has 0 fully saturated rings. The van der Waals surface area contributed by atoms with Crippen LogP contribution in [-0.4, -0.2) is 37.9 Å². The van der Waals surface area contributed by atoms with Crippen molar-refractivity contribution in [2.24, 2.45) is 5.73 Å². The molecule has 0 aliphatic rings. The summed E-state index contributed by atoms with van der Waals surface area (Å²) >= 11 is 0. The Hall–Kier alpha value is -0.260. The molecule has 0 saturated carbocycles. The van der Waals surface area contributed by atoms with Crippen LogP contribution in [0.15, 0.2) is 0 Å². The van der Waals surface area contributed by atoms with Crippen LogP contribution in [-0.2, 0) is 20.4 Å². The predicted molar refractivity (Wildman–Crippen MR) is 39.1 cm³/mol. The molecule has 0 saturated heterocycles. The molecule has 10 heteroatoms. The van der Waals surface area contributed by atoms with Gasteiger partial charge in [-0.1, -0.05) is 0 Å². The Morgan fingerprint density at radius 3 is 1.92 bits per heavy atom. The third-order valence-corrected chi connectivity index (χ3v) is 2.07. The van der Waals surface area contributed by atoms with Crippen LogP contribution in [0.3, 0.4) is 0 Å². The van der Waals surface area contributed by atoms with E-state index in [4.69, 9.17) is 14.8 Å². The van der Waals surface area contributed by atoms with Crippen LogP contribution in [0.1, 0.15) is 0 Å². The van der Waals surface area contributed by atoms with Crippen molar-refractivity contribution >= 4 is 20.4 Å². The SMILES string of the molecule is NC(CS(=O)(=O)O)NS(=O)(=O)O. The monoisotopic (exact) mass is 220 g/mol. The average molecular weight is 220 g/mol. The van der Waals surface area contributed by atoms with Gasteiger partial charge in [-0.2, -0.15) is 21.6 Å². The molecule has 0 rings (SSSR count). The molecular formula is C2H8N2O6S2. The summed E-state index contributed by atoms with van der Waals surface area (Å²) in [4.78, 5) is 0. The van der Waals surface area contributed by atoms with E-state index in [0.29, 0.717) is 0 Å². The summed E-state index contributed by atoms with van der Waals surface area (Å²) in [6.45, 7) is 0. The molecule has 1 unspecified atom stereocenters. The largest absolute Gasteiger partial charge is 0.334 e. The van der Waals surface area contributed by atoms with E-state index in [0.717, 1.165) is 0 Å². The maximum absolute atomic E-state index is 10.1. The van der Waals surface area contributed by atoms with Gasteiger partial charge in [-0.3, -0.25) is 9.11 Å². The highest BCUT2D eigenvalue weighted by Gasteiger charge is 2.16. The van der Waals surface area contributed by atoms with E-state index in [1.54, 1.807) is 0 Å². The van der Waals surface area contributed by atoms with Crippen molar-refractivity contribution in [3.63, 3.8) is 0 Å². The highest BCUT2D eigenvalue weighted by Crippen LogP contribution is 1.86. The van der Waals surface area contributed by atoms with E-state index in [-0.39, 0.29) is 0 Å². The first-order chi connectivity index (χ1) is 5.10. The van der Waals surface area contributed by atoms with Crippen LogP contribution in [0.25, 0.3) is 0 Å². The van der Waals surface area contributed by atoms with Crippen molar-refractivity contribution in [1.29, 1.82) is 0 Å². The van der Waals surface area contributed by atoms with Gasteiger partial charge in [-0.15, -0.1) is 0 Å². The van der Waals surface area contributed by atoms with Crippen molar-refractivity contribution in [1.82, 2.24) is 4.72 Å². The summed E-state index contributed by atoms with van der Waals surface area (Å²) in [7, 11) is -8.91. The molecule has 0 amide bonds. The van der Waals surface area contributed by atoms with E-state index in [1.165, 1.54) is 4.72 Å². The highest BCUT2D eigenvalue weighted by atomic mass is 32.2. The maximum atomic E-state index is 10.1. The average Bonchev–Trinajstić information content (AvgIpc) is 1.49. The Morgan fingerprint density at radius 2 is 1.67 bits per heavy atom. The molecule has 0 spiro atoms. The number of rotatable bonds is 4. The second-order valence-electron chi connectivity index (χ2n) is 1.95. The van der Waals surface area contributed by atoms with Gasteiger partial charge in [0.15, 0.2) is 0 Å². The van der Waals surface area contributed by atoms with Crippen molar-refractivity contribution in [3.05, 3.63) is 0 Å². The molecule has 74 valence electrons. The Bertz CT molecular complexity index is 295. The minimum atomic E-state index is -4.55. The van der Waals surface area contributed by atoms with Crippen LogP contribution in [0, 0.1) is 0 Å². The Kier molecular flexibility index (Phi) is 3.56. The van der Waals surface area contributed by atoms with E-state index >= 15 is 0 Å². The topological polar surface area (TPSA) is 147 Å². The molecule has 0 aromatic heterocycles. The van der Waals surface area contributed by atoms with Gasteiger partial charge in [0, 0.05) is 0 Å². The second kappa shape index (κ2) is 3.64. The zero-order valence-corrected chi connectivity index (χ0v) is 7.34. The first kappa shape index (κ1) is 11.7. The van der Waals surface area contributed by atoms with Crippen LogP contribution in [0.2, 0.25) is 0 Å². The molecule has 1 atom stereocenters. The van der Waals surface area contributed by atoms with Crippen LogP contribution in [0.5, 0.6) is 0 Å². The summed E-state index contributed by atoms with van der Waals surface area (Å²) in [5.41, 5.74) is 4.86. The minimum Gasteiger partial charge on any atom is -0.314 e. The van der Waals surface area contributed by atoms with E-state index in [2.05, 4.69) is 0 Å². The fourth-order valence-corrected chi connectivity index (χ4v) is 1.56. The molecule has 0 bridgehead atoms. The Labute approximate surface area is 69.4 Å². The van der Waals surface area contributed by atoms with Gasteiger partial charge in [0.2, 0.25) is 0 Å². The van der Waals surface area contributed by atoms with E-state index < -0.39 is 32.3 Å². The zero-order chi connectivity index (χ0) is 9.99. The maximum Gasteiger partial charge on any atom is 0.334 e. The lowest BCUT2D eigenvalue weighted by atomic mass is 10.7. The van der Waals surface area contributed by atoms with Gasteiger partial charge in [0.05, 0.1) is 6.17 Å². The lowest BCUT2D eigenvalue weighted by Crippen LogP contribution is -2.45. The molecule has 0 aromatic carbocycles. The van der Waals surface area contributed by atoms with E-state index in [9.17, 15) is 16.8 Å². The smallest absolute Gasteiger partial charge is 0.314 e. The lowest BCUT2D eigenvalue weighted by molar-refractivity contribution is 0.450. The molecule has 0 heterocycles. The van der Waals surface area contributed by atoms with Crippen molar-refractivity contribution in [3.8, 4) is 0 Å². The highest BCUT2D eigenvalue weighted by molar-refractivity contribution is 7.86. The van der Waals surface area contributed by atoms with Crippen molar-refractivity contribution < 1.29 is 25.9 Å². The Balaban J connectivity index is 4.19. The number of nitrogens with one attached hydrogen (secondary N) is 1. The van der Waals surface area contributed by atoms with E-state index in [1.807, 2.05) is 0 Å². The molecule has 0 aromatic rings. The van der Waals surface area contributed by atoms with Crippen LogP contribution in [0.4, 0.5) is 0 Å². The van der Waals surface area contributed by atoms with Crippen LogP contribution >= 0.6 is 0 Å². The summed E-state index contributed by atoms with van der Waals surface area (Å²) in [6.07, 6.45) is -1.57. The second-order valence-corrected chi connectivity index (χ2v) is 4.63. The minimum absolute atomic E-state index is 1.01. The third kappa shape index (κ3) is 7.84.